The Kier molecular flexibility index (Phi) is 9.94. The van der Waals surface area contributed by atoms with Gasteiger partial charge in [-0.1, -0.05) is 49.4 Å². The molecule has 2 amide bonds. The molecule has 6 nitrogen and oxygen atoms in total. The monoisotopic (exact) mass is 552 g/mol. The van der Waals surface area contributed by atoms with Crippen molar-refractivity contribution in [3.63, 3.8) is 0 Å². The van der Waals surface area contributed by atoms with Crippen molar-refractivity contribution in [2.75, 3.05) is 25.1 Å². The topological polar surface area (TPSA) is 76.7 Å². The molecule has 2 N–H and O–H groups in total. The molecular formula is C27H34Cl2N2O4S. The SMILES string of the molecule is CCCCCCOc1c(Cl)cc(C(=O)Nc2sc3c(c2C(=O)NCC2CCCO2)CCCC3)cc1Cl. The fraction of sp³-hybridized carbons (Fsp3) is 0.556. The van der Waals surface area contributed by atoms with E-state index in [9.17, 15) is 9.59 Å². The van der Waals surface area contributed by atoms with Gasteiger partial charge < -0.3 is 20.1 Å². The maximum absolute atomic E-state index is 13.2. The molecule has 2 aromatic rings. The summed E-state index contributed by atoms with van der Waals surface area (Å²) in [6.45, 7) is 3.89. The zero-order chi connectivity index (χ0) is 25.5. The molecule has 0 saturated carbocycles. The molecule has 4 rings (SSSR count). The lowest BCUT2D eigenvalue weighted by Crippen LogP contribution is -2.32. The van der Waals surface area contributed by atoms with Crippen molar-refractivity contribution in [1.29, 1.82) is 0 Å². The molecule has 2 heterocycles. The molecule has 1 aromatic heterocycles. The molecule has 196 valence electrons. The first kappa shape index (κ1) is 27.2. The Balaban J connectivity index is 1.47. The minimum absolute atomic E-state index is 0.0538. The Morgan fingerprint density at radius 2 is 1.86 bits per heavy atom. The number of anilines is 1. The fourth-order valence-corrected chi connectivity index (χ4v) is 6.58. The number of hydrogen-bond donors (Lipinski definition) is 2. The van der Waals surface area contributed by atoms with Crippen LogP contribution in [0.3, 0.4) is 0 Å². The van der Waals surface area contributed by atoms with Crippen LogP contribution < -0.4 is 15.4 Å². The number of aryl methyl sites for hydroxylation is 1. The molecule has 1 aliphatic heterocycles. The van der Waals surface area contributed by atoms with Gasteiger partial charge in [-0.3, -0.25) is 9.59 Å². The van der Waals surface area contributed by atoms with Crippen LogP contribution in [0.2, 0.25) is 10.0 Å². The number of unbranched alkanes of at least 4 members (excludes halogenated alkanes) is 3. The maximum Gasteiger partial charge on any atom is 0.256 e. The number of ether oxygens (including phenoxy) is 2. The fourth-order valence-electron chi connectivity index (χ4n) is 4.70. The predicted octanol–water partition coefficient (Wildman–Crippen LogP) is 7.05. The van der Waals surface area contributed by atoms with Crippen molar-refractivity contribution in [1.82, 2.24) is 5.32 Å². The Morgan fingerprint density at radius 1 is 1.08 bits per heavy atom. The van der Waals surface area contributed by atoms with E-state index in [1.807, 2.05) is 0 Å². The van der Waals surface area contributed by atoms with E-state index in [1.54, 1.807) is 12.1 Å². The van der Waals surface area contributed by atoms with E-state index in [2.05, 4.69) is 17.6 Å². The Hall–Kier alpha value is -1.80. The van der Waals surface area contributed by atoms with Crippen LogP contribution in [0.5, 0.6) is 5.75 Å². The second-order valence-electron chi connectivity index (χ2n) is 9.39. The summed E-state index contributed by atoms with van der Waals surface area (Å²) in [4.78, 5) is 27.6. The molecule has 1 saturated heterocycles. The highest BCUT2D eigenvalue weighted by molar-refractivity contribution is 7.17. The van der Waals surface area contributed by atoms with E-state index in [0.717, 1.165) is 76.4 Å². The van der Waals surface area contributed by atoms with E-state index >= 15 is 0 Å². The van der Waals surface area contributed by atoms with Gasteiger partial charge in [-0.2, -0.15) is 0 Å². The molecule has 36 heavy (non-hydrogen) atoms. The van der Waals surface area contributed by atoms with Gasteiger partial charge in [0.05, 0.1) is 28.3 Å². The third kappa shape index (κ3) is 6.74. The van der Waals surface area contributed by atoms with Crippen LogP contribution in [0, 0.1) is 0 Å². The smallest absolute Gasteiger partial charge is 0.256 e. The number of amides is 2. The van der Waals surface area contributed by atoms with Crippen molar-refractivity contribution >= 4 is 51.4 Å². The van der Waals surface area contributed by atoms with Crippen molar-refractivity contribution < 1.29 is 19.1 Å². The number of halogens is 2. The van der Waals surface area contributed by atoms with Crippen LogP contribution >= 0.6 is 34.5 Å². The highest BCUT2D eigenvalue weighted by Gasteiger charge is 2.28. The lowest BCUT2D eigenvalue weighted by Gasteiger charge is -2.15. The second-order valence-corrected chi connectivity index (χ2v) is 11.3. The molecule has 1 unspecified atom stereocenters. The highest BCUT2D eigenvalue weighted by atomic mass is 35.5. The summed E-state index contributed by atoms with van der Waals surface area (Å²) in [7, 11) is 0. The molecule has 0 radical (unpaired) electrons. The van der Waals surface area contributed by atoms with Crippen LogP contribution in [-0.2, 0) is 17.6 Å². The molecule has 1 fully saturated rings. The van der Waals surface area contributed by atoms with Gasteiger partial charge in [0.2, 0.25) is 0 Å². The molecule has 1 atom stereocenters. The third-order valence-corrected chi connectivity index (χ3v) is 8.41. The average molecular weight is 554 g/mol. The number of fused-ring (bicyclic) bond motifs is 1. The Bertz CT molecular complexity index is 1060. The van der Waals surface area contributed by atoms with Gasteiger partial charge in [-0.05, 0) is 62.6 Å². The van der Waals surface area contributed by atoms with Gasteiger partial charge in [0.15, 0.2) is 5.75 Å². The summed E-state index contributed by atoms with van der Waals surface area (Å²) in [5.74, 6) is -0.129. The minimum Gasteiger partial charge on any atom is -0.490 e. The first-order chi connectivity index (χ1) is 17.5. The van der Waals surface area contributed by atoms with Crippen molar-refractivity contribution in [2.24, 2.45) is 0 Å². The summed E-state index contributed by atoms with van der Waals surface area (Å²) in [6.07, 6.45) is 10.2. The second kappa shape index (κ2) is 13.1. The summed E-state index contributed by atoms with van der Waals surface area (Å²) < 4.78 is 11.4. The van der Waals surface area contributed by atoms with E-state index < -0.39 is 0 Å². The number of hydrogen-bond acceptors (Lipinski definition) is 5. The first-order valence-electron chi connectivity index (χ1n) is 13.0. The van der Waals surface area contributed by atoms with Crippen LogP contribution in [0.1, 0.15) is 89.4 Å². The average Bonchev–Trinajstić information content (AvgIpc) is 3.51. The summed E-state index contributed by atoms with van der Waals surface area (Å²) >= 11 is 14.3. The normalized spacial score (nSPS) is 17.0. The van der Waals surface area contributed by atoms with Crippen molar-refractivity contribution in [2.45, 2.75) is 77.2 Å². The van der Waals surface area contributed by atoms with Gasteiger partial charge in [0, 0.05) is 23.6 Å². The van der Waals surface area contributed by atoms with Crippen LogP contribution in [0.4, 0.5) is 5.00 Å². The third-order valence-electron chi connectivity index (χ3n) is 6.64. The number of carbonyl (C=O) groups excluding carboxylic acids is 2. The van der Waals surface area contributed by atoms with E-state index in [1.165, 1.54) is 16.2 Å². The van der Waals surface area contributed by atoms with Gasteiger partial charge in [0.1, 0.15) is 5.00 Å². The van der Waals surface area contributed by atoms with Crippen molar-refractivity contribution in [3.8, 4) is 5.75 Å². The number of carbonyl (C=O) groups is 2. The maximum atomic E-state index is 13.2. The predicted molar refractivity (Wildman–Crippen MR) is 146 cm³/mol. The summed E-state index contributed by atoms with van der Waals surface area (Å²) in [5, 5.41) is 7.14. The zero-order valence-corrected chi connectivity index (χ0v) is 23.0. The quantitative estimate of drug-likeness (QED) is 0.292. The van der Waals surface area contributed by atoms with Gasteiger partial charge in [-0.25, -0.2) is 0 Å². The number of rotatable bonds is 11. The molecular weight excluding hydrogens is 519 g/mol. The lowest BCUT2D eigenvalue weighted by atomic mass is 9.95. The van der Waals surface area contributed by atoms with Crippen LogP contribution in [-0.4, -0.2) is 37.7 Å². The minimum atomic E-state index is -0.361. The molecule has 9 heteroatoms. The molecule has 1 aliphatic carbocycles. The number of nitrogens with one attached hydrogen (secondary N) is 2. The standard InChI is InChI=1S/C27H34Cl2N2O4S/c1-2-3-4-7-12-35-24-20(28)14-17(15-21(24)29)25(32)31-27-23(19-10-5-6-11-22(19)36-27)26(33)30-16-18-9-8-13-34-18/h14-15,18H,2-13,16H2,1H3,(H,30,33)(H,31,32). The van der Waals surface area contributed by atoms with Crippen LogP contribution in [0.15, 0.2) is 12.1 Å². The number of benzene rings is 1. The summed E-state index contributed by atoms with van der Waals surface area (Å²) in [5.41, 5.74) is 1.94. The number of thiophene rings is 1. The largest absolute Gasteiger partial charge is 0.490 e. The highest BCUT2D eigenvalue weighted by Crippen LogP contribution is 2.39. The van der Waals surface area contributed by atoms with E-state index in [0.29, 0.717) is 45.1 Å². The Labute approximate surface area is 227 Å². The van der Waals surface area contributed by atoms with Gasteiger partial charge in [0.25, 0.3) is 11.8 Å². The molecule has 0 spiro atoms. The van der Waals surface area contributed by atoms with Gasteiger partial charge in [-0.15, -0.1) is 11.3 Å². The van der Waals surface area contributed by atoms with Crippen molar-refractivity contribution in [3.05, 3.63) is 43.7 Å². The lowest BCUT2D eigenvalue weighted by molar-refractivity contribution is 0.0858. The molecule has 1 aromatic carbocycles. The van der Waals surface area contributed by atoms with E-state index in [4.69, 9.17) is 32.7 Å². The van der Waals surface area contributed by atoms with Crippen LogP contribution in [0.25, 0.3) is 0 Å². The Morgan fingerprint density at radius 3 is 2.58 bits per heavy atom. The van der Waals surface area contributed by atoms with E-state index in [-0.39, 0.29) is 17.9 Å². The zero-order valence-electron chi connectivity index (χ0n) is 20.7. The first-order valence-corrected chi connectivity index (χ1v) is 14.5. The summed E-state index contributed by atoms with van der Waals surface area (Å²) in [6, 6.07) is 3.13. The van der Waals surface area contributed by atoms with Gasteiger partial charge >= 0.3 is 0 Å². The molecule has 2 aliphatic rings. The molecule has 0 bridgehead atoms.